The van der Waals surface area contributed by atoms with Gasteiger partial charge in [0, 0.05) is 39.7 Å². The molecule has 0 saturated carbocycles. The van der Waals surface area contributed by atoms with Crippen molar-refractivity contribution in [2.45, 2.75) is 25.9 Å². The van der Waals surface area contributed by atoms with Crippen molar-refractivity contribution in [3.05, 3.63) is 0 Å². The number of likely N-dealkylation sites (tertiary alicyclic amines) is 1. The highest BCUT2D eigenvalue weighted by Gasteiger charge is 2.27. The Kier molecular flexibility index (Phi) is 6.45. The van der Waals surface area contributed by atoms with E-state index in [1.54, 1.807) is 9.80 Å². The van der Waals surface area contributed by atoms with Gasteiger partial charge in [-0.2, -0.15) is 0 Å². The summed E-state index contributed by atoms with van der Waals surface area (Å²) in [5, 5.41) is 2.95. The van der Waals surface area contributed by atoms with E-state index in [1.807, 2.05) is 14.0 Å². The van der Waals surface area contributed by atoms with E-state index in [-0.39, 0.29) is 24.0 Å². The largest absolute Gasteiger partial charge is 0.379 e. The van der Waals surface area contributed by atoms with Gasteiger partial charge in [0.15, 0.2) is 0 Å². The molecule has 7 nitrogen and oxygen atoms in total. The molecule has 2 aliphatic rings. The average molecular weight is 313 g/mol. The van der Waals surface area contributed by atoms with Crippen LogP contribution in [0.15, 0.2) is 0 Å². The number of morpholine rings is 1. The highest BCUT2D eigenvalue weighted by atomic mass is 16.5. The zero-order valence-corrected chi connectivity index (χ0v) is 13.5. The molecular weight excluding hydrogens is 286 g/mol. The predicted molar refractivity (Wildman–Crippen MR) is 81.6 cm³/mol. The number of piperidine rings is 1. The van der Waals surface area contributed by atoms with Gasteiger partial charge in [-0.15, -0.1) is 0 Å². The SMILES string of the molecule is CCOCC1CN(C(=O)NCC2CCN(C)C(=O)C2)CCO1. The van der Waals surface area contributed by atoms with Crippen molar-refractivity contribution in [1.82, 2.24) is 15.1 Å². The Labute approximate surface area is 131 Å². The molecule has 0 radical (unpaired) electrons. The lowest BCUT2D eigenvalue weighted by Gasteiger charge is -2.34. The number of rotatable bonds is 5. The average Bonchev–Trinajstić information content (AvgIpc) is 2.54. The van der Waals surface area contributed by atoms with Gasteiger partial charge in [0.05, 0.1) is 25.9 Å². The third kappa shape index (κ3) is 4.84. The Balaban J connectivity index is 1.71. The highest BCUT2D eigenvalue weighted by molar-refractivity contribution is 5.77. The topological polar surface area (TPSA) is 71.1 Å². The molecular formula is C15H27N3O4. The monoisotopic (exact) mass is 313 g/mol. The van der Waals surface area contributed by atoms with Gasteiger partial charge >= 0.3 is 6.03 Å². The predicted octanol–water partition coefficient (Wildman–Crippen LogP) is 0.302. The van der Waals surface area contributed by atoms with E-state index in [1.165, 1.54) is 0 Å². The van der Waals surface area contributed by atoms with Crippen LogP contribution in [0.3, 0.4) is 0 Å². The third-order valence-corrected chi connectivity index (χ3v) is 4.24. The maximum absolute atomic E-state index is 12.2. The minimum atomic E-state index is -0.0730. The minimum Gasteiger partial charge on any atom is -0.379 e. The molecule has 2 atom stereocenters. The van der Waals surface area contributed by atoms with Gasteiger partial charge in [-0.3, -0.25) is 4.79 Å². The van der Waals surface area contributed by atoms with Crippen LogP contribution in [0, 0.1) is 5.92 Å². The van der Waals surface area contributed by atoms with Gasteiger partial charge in [-0.05, 0) is 19.3 Å². The molecule has 126 valence electrons. The van der Waals surface area contributed by atoms with Crippen LogP contribution < -0.4 is 5.32 Å². The lowest BCUT2D eigenvalue weighted by molar-refractivity contribution is -0.133. The molecule has 0 aromatic carbocycles. The van der Waals surface area contributed by atoms with Gasteiger partial charge in [0.25, 0.3) is 0 Å². The van der Waals surface area contributed by atoms with E-state index in [0.29, 0.717) is 45.9 Å². The first-order valence-corrected chi connectivity index (χ1v) is 8.06. The van der Waals surface area contributed by atoms with Crippen LogP contribution in [0.2, 0.25) is 0 Å². The number of ether oxygens (including phenoxy) is 2. The number of carbonyl (C=O) groups is 2. The Morgan fingerprint density at radius 3 is 3.00 bits per heavy atom. The molecule has 2 saturated heterocycles. The number of hydrogen-bond donors (Lipinski definition) is 1. The standard InChI is InChI=1S/C15H27N3O4/c1-3-21-11-13-10-18(6-7-22-13)15(20)16-9-12-4-5-17(2)14(19)8-12/h12-13H,3-11H2,1-2H3,(H,16,20). The van der Waals surface area contributed by atoms with Crippen molar-refractivity contribution in [1.29, 1.82) is 0 Å². The zero-order chi connectivity index (χ0) is 15.9. The smallest absolute Gasteiger partial charge is 0.317 e. The first-order chi connectivity index (χ1) is 10.6. The molecule has 22 heavy (non-hydrogen) atoms. The maximum atomic E-state index is 12.2. The lowest BCUT2D eigenvalue weighted by Crippen LogP contribution is -2.51. The Bertz CT molecular complexity index is 391. The van der Waals surface area contributed by atoms with Crippen molar-refractivity contribution in [2.24, 2.45) is 5.92 Å². The van der Waals surface area contributed by atoms with Crippen LogP contribution in [-0.2, 0) is 14.3 Å². The molecule has 2 fully saturated rings. The van der Waals surface area contributed by atoms with E-state index in [2.05, 4.69) is 5.32 Å². The first kappa shape index (κ1) is 17.0. The molecule has 0 spiro atoms. The minimum absolute atomic E-state index is 0.0515. The first-order valence-electron chi connectivity index (χ1n) is 8.06. The van der Waals surface area contributed by atoms with E-state index in [4.69, 9.17) is 9.47 Å². The van der Waals surface area contributed by atoms with Crippen LogP contribution in [0.4, 0.5) is 4.79 Å². The maximum Gasteiger partial charge on any atom is 0.317 e. The Morgan fingerprint density at radius 2 is 2.27 bits per heavy atom. The van der Waals surface area contributed by atoms with Gasteiger partial charge in [-0.25, -0.2) is 4.79 Å². The van der Waals surface area contributed by atoms with Crippen LogP contribution in [0.1, 0.15) is 19.8 Å². The van der Waals surface area contributed by atoms with Crippen LogP contribution >= 0.6 is 0 Å². The number of urea groups is 1. The van der Waals surface area contributed by atoms with Crippen molar-refractivity contribution in [3.8, 4) is 0 Å². The van der Waals surface area contributed by atoms with Crippen molar-refractivity contribution >= 4 is 11.9 Å². The quantitative estimate of drug-likeness (QED) is 0.792. The number of carbonyl (C=O) groups excluding carboxylic acids is 2. The lowest BCUT2D eigenvalue weighted by atomic mass is 9.96. The summed E-state index contributed by atoms with van der Waals surface area (Å²) in [5.74, 6) is 0.404. The van der Waals surface area contributed by atoms with E-state index >= 15 is 0 Å². The molecule has 2 rings (SSSR count). The fourth-order valence-electron chi connectivity index (χ4n) is 2.78. The number of hydrogen-bond acceptors (Lipinski definition) is 4. The van der Waals surface area contributed by atoms with Crippen molar-refractivity contribution in [2.75, 3.05) is 53.0 Å². The van der Waals surface area contributed by atoms with Crippen molar-refractivity contribution in [3.63, 3.8) is 0 Å². The molecule has 2 aliphatic heterocycles. The molecule has 3 amide bonds. The molecule has 0 aromatic heterocycles. The van der Waals surface area contributed by atoms with E-state index in [0.717, 1.165) is 13.0 Å². The number of nitrogens with zero attached hydrogens (tertiary/aromatic N) is 2. The summed E-state index contributed by atoms with van der Waals surface area (Å²) in [6.07, 6.45) is 1.41. The Hall–Kier alpha value is -1.34. The second-order valence-corrected chi connectivity index (χ2v) is 5.96. The molecule has 2 heterocycles. The van der Waals surface area contributed by atoms with Gasteiger partial charge in [-0.1, -0.05) is 0 Å². The van der Waals surface area contributed by atoms with E-state index in [9.17, 15) is 9.59 Å². The molecule has 0 aliphatic carbocycles. The third-order valence-electron chi connectivity index (χ3n) is 4.24. The van der Waals surface area contributed by atoms with Gasteiger partial charge in [0.1, 0.15) is 0 Å². The van der Waals surface area contributed by atoms with Crippen LogP contribution in [0.25, 0.3) is 0 Å². The molecule has 1 N–H and O–H groups in total. The fraction of sp³-hybridized carbons (Fsp3) is 0.867. The summed E-state index contributed by atoms with van der Waals surface area (Å²) < 4.78 is 10.9. The summed E-state index contributed by atoms with van der Waals surface area (Å²) in [6, 6.07) is -0.0730. The molecule has 0 bridgehead atoms. The van der Waals surface area contributed by atoms with Gasteiger partial charge < -0.3 is 24.6 Å². The van der Waals surface area contributed by atoms with Crippen LogP contribution in [0.5, 0.6) is 0 Å². The summed E-state index contributed by atoms with van der Waals surface area (Å²) in [4.78, 5) is 27.4. The molecule has 7 heteroatoms. The van der Waals surface area contributed by atoms with E-state index < -0.39 is 0 Å². The highest BCUT2D eigenvalue weighted by Crippen LogP contribution is 2.16. The number of amides is 3. The molecule has 2 unspecified atom stereocenters. The summed E-state index contributed by atoms with van der Waals surface area (Å²) in [5.41, 5.74) is 0. The fourth-order valence-corrected chi connectivity index (χ4v) is 2.78. The Morgan fingerprint density at radius 1 is 1.45 bits per heavy atom. The number of nitrogens with one attached hydrogen (secondary N) is 1. The van der Waals surface area contributed by atoms with Gasteiger partial charge in [0.2, 0.25) is 5.91 Å². The summed E-state index contributed by atoms with van der Waals surface area (Å²) >= 11 is 0. The summed E-state index contributed by atoms with van der Waals surface area (Å²) in [7, 11) is 1.82. The zero-order valence-electron chi connectivity index (χ0n) is 13.5. The van der Waals surface area contributed by atoms with Crippen molar-refractivity contribution < 1.29 is 19.1 Å². The second kappa shape index (κ2) is 8.33. The normalized spacial score (nSPS) is 26.2. The van der Waals surface area contributed by atoms with Crippen LogP contribution in [-0.4, -0.2) is 80.9 Å². The second-order valence-electron chi connectivity index (χ2n) is 5.96. The summed E-state index contributed by atoms with van der Waals surface area (Å²) in [6.45, 7) is 6.13. The molecule has 0 aromatic rings.